The lowest BCUT2D eigenvalue weighted by Crippen LogP contribution is -2.46. The normalized spacial score (nSPS) is 11.9. The molecule has 0 fully saturated rings. The van der Waals surface area contributed by atoms with E-state index in [1.54, 1.807) is 36.4 Å². The van der Waals surface area contributed by atoms with Crippen LogP contribution in [-0.2, 0) is 21.2 Å². The summed E-state index contributed by atoms with van der Waals surface area (Å²) in [6, 6.07) is 36.4. The van der Waals surface area contributed by atoms with Gasteiger partial charge in [-0.1, -0.05) is 84.9 Å². The summed E-state index contributed by atoms with van der Waals surface area (Å²) in [4.78, 5) is 26.6. The van der Waals surface area contributed by atoms with Gasteiger partial charge in [-0.15, -0.1) is 0 Å². The molecule has 0 unspecified atom stereocenters. The summed E-state index contributed by atoms with van der Waals surface area (Å²) in [6.45, 7) is 0.108. The number of benzene rings is 5. The number of carbonyl (C=O) groups is 2. The standard InChI is InChI=1S/C34H31N3O5S/c38-33(23-35-24-42-30-16-5-2-6-17-30)32(20-25-10-3-1-4-11-25)36-34(39)28-14-9-15-29(21-28)37-43(40,41)31-19-18-26-12-7-8-13-27(26)22-31/h1-19,21-22,32,35,37H,20,23-24H2,(H,36,39)/t32-/m0/s1. The van der Waals surface area contributed by atoms with Crippen molar-refractivity contribution in [2.75, 3.05) is 18.0 Å². The quantitative estimate of drug-likeness (QED) is 0.128. The smallest absolute Gasteiger partial charge is 0.261 e. The molecule has 0 aliphatic carbocycles. The number of para-hydroxylation sites is 1. The molecule has 0 aliphatic rings. The van der Waals surface area contributed by atoms with Crippen LogP contribution in [0.1, 0.15) is 15.9 Å². The van der Waals surface area contributed by atoms with Crippen LogP contribution in [0.15, 0.2) is 132 Å². The van der Waals surface area contributed by atoms with Gasteiger partial charge in [0.15, 0.2) is 5.78 Å². The number of carbonyl (C=O) groups excluding carboxylic acids is 2. The maximum Gasteiger partial charge on any atom is 0.261 e. The molecule has 9 heteroatoms. The highest BCUT2D eigenvalue weighted by Crippen LogP contribution is 2.22. The van der Waals surface area contributed by atoms with E-state index in [4.69, 9.17) is 4.74 Å². The molecule has 43 heavy (non-hydrogen) atoms. The summed E-state index contributed by atoms with van der Waals surface area (Å²) >= 11 is 0. The third-order valence-electron chi connectivity index (χ3n) is 6.77. The molecule has 0 aromatic heterocycles. The molecule has 0 radical (unpaired) electrons. The van der Waals surface area contributed by atoms with Crippen LogP contribution in [0.2, 0.25) is 0 Å². The summed E-state index contributed by atoms with van der Waals surface area (Å²) in [5.74, 6) is -0.0451. The first-order valence-corrected chi connectivity index (χ1v) is 15.2. The second-order valence-corrected chi connectivity index (χ2v) is 11.6. The van der Waals surface area contributed by atoms with Gasteiger partial charge in [0.1, 0.15) is 12.5 Å². The van der Waals surface area contributed by atoms with Gasteiger partial charge in [-0.2, -0.15) is 0 Å². The maximum atomic E-state index is 13.3. The summed E-state index contributed by atoms with van der Waals surface area (Å²) in [5.41, 5.74) is 1.33. The van der Waals surface area contributed by atoms with Gasteiger partial charge in [-0.25, -0.2) is 8.42 Å². The number of sulfonamides is 1. The van der Waals surface area contributed by atoms with Crippen molar-refractivity contribution in [2.24, 2.45) is 0 Å². The number of fused-ring (bicyclic) bond motifs is 1. The van der Waals surface area contributed by atoms with Crippen LogP contribution in [0.25, 0.3) is 10.8 Å². The van der Waals surface area contributed by atoms with Crippen molar-refractivity contribution in [3.63, 3.8) is 0 Å². The van der Waals surface area contributed by atoms with E-state index in [0.29, 0.717) is 12.2 Å². The average molecular weight is 594 g/mol. The van der Waals surface area contributed by atoms with Crippen molar-refractivity contribution in [1.29, 1.82) is 0 Å². The van der Waals surface area contributed by atoms with Gasteiger partial charge in [-0.05, 0) is 65.2 Å². The van der Waals surface area contributed by atoms with Crippen molar-refractivity contribution >= 4 is 38.2 Å². The van der Waals surface area contributed by atoms with Crippen LogP contribution in [-0.4, -0.2) is 39.4 Å². The molecule has 5 aromatic rings. The molecule has 0 heterocycles. The second-order valence-electron chi connectivity index (χ2n) is 9.91. The first-order valence-electron chi connectivity index (χ1n) is 13.8. The van der Waals surface area contributed by atoms with Crippen molar-refractivity contribution in [1.82, 2.24) is 10.6 Å². The first-order chi connectivity index (χ1) is 20.9. The van der Waals surface area contributed by atoms with E-state index in [2.05, 4.69) is 15.4 Å². The zero-order chi connectivity index (χ0) is 30.1. The SMILES string of the molecule is O=C(N[C@@H](Cc1ccccc1)C(=O)CNCOc1ccccc1)c1cccc(NS(=O)(=O)c2ccc3ccccc3c2)c1. The van der Waals surface area contributed by atoms with Crippen LogP contribution in [0, 0.1) is 0 Å². The number of rotatable bonds is 13. The Hall–Kier alpha value is -4.99. The van der Waals surface area contributed by atoms with Gasteiger partial charge in [0.25, 0.3) is 15.9 Å². The molecule has 1 amide bonds. The number of hydrogen-bond acceptors (Lipinski definition) is 6. The Morgan fingerprint density at radius 2 is 1.42 bits per heavy atom. The van der Waals surface area contributed by atoms with Crippen LogP contribution in [0.4, 0.5) is 5.69 Å². The summed E-state index contributed by atoms with van der Waals surface area (Å²) < 4.78 is 34.4. The van der Waals surface area contributed by atoms with Gasteiger partial charge in [0.05, 0.1) is 17.5 Å². The molecule has 218 valence electrons. The Morgan fingerprint density at radius 3 is 2.19 bits per heavy atom. The van der Waals surface area contributed by atoms with E-state index >= 15 is 0 Å². The van der Waals surface area contributed by atoms with Crippen molar-refractivity contribution in [2.45, 2.75) is 17.4 Å². The number of ether oxygens (including phenoxy) is 1. The Bertz CT molecular complexity index is 1810. The fourth-order valence-electron chi connectivity index (χ4n) is 4.56. The number of Topliss-reactive ketones (excluding diaryl/α,β-unsaturated/α-hetero) is 1. The lowest BCUT2D eigenvalue weighted by Gasteiger charge is -2.19. The zero-order valence-corrected chi connectivity index (χ0v) is 24.1. The molecule has 8 nitrogen and oxygen atoms in total. The fraction of sp³-hybridized carbons (Fsp3) is 0.118. The summed E-state index contributed by atoms with van der Waals surface area (Å²) in [6.07, 6.45) is 0.293. The number of ketones is 1. The van der Waals surface area contributed by atoms with Crippen molar-refractivity contribution < 1.29 is 22.7 Å². The predicted octanol–water partition coefficient (Wildman–Crippen LogP) is 5.18. The topological polar surface area (TPSA) is 114 Å². The Labute approximate surface area is 250 Å². The van der Waals surface area contributed by atoms with Crippen LogP contribution >= 0.6 is 0 Å². The third kappa shape index (κ3) is 8.06. The van der Waals surface area contributed by atoms with Crippen LogP contribution in [0.5, 0.6) is 5.75 Å². The predicted molar refractivity (Wildman–Crippen MR) is 168 cm³/mol. The monoisotopic (exact) mass is 593 g/mol. The lowest BCUT2D eigenvalue weighted by molar-refractivity contribution is -0.120. The van der Waals surface area contributed by atoms with E-state index < -0.39 is 22.0 Å². The van der Waals surface area contributed by atoms with Crippen LogP contribution in [0.3, 0.4) is 0 Å². The number of nitrogens with one attached hydrogen (secondary N) is 3. The minimum atomic E-state index is -3.91. The molecule has 5 aromatic carbocycles. The van der Waals surface area contributed by atoms with Crippen molar-refractivity contribution in [3.8, 4) is 5.75 Å². The zero-order valence-electron chi connectivity index (χ0n) is 23.3. The molecule has 1 atom stereocenters. The molecular weight excluding hydrogens is 562 g/mol. The van der Waals surface area contributed by atoms with Gasteiger partial charge >= 0.3 is 0 Å². The molecular formula is C34H31N3O5S. The van der Waals surface area contributed by atoms with Gasteiger partial charge in [0, 0.05) is 11.3 Å². The molecule has 0 aliphatic heterocycles. The number of anilines is 1. The van der Waals surface area contributed by atoms with E-state index in [9.17, 15) is 18.0 Å². The Balaban J connectivity index is 1.26. The molecule has 0 saturated carbocycles. The van der Waals surface area contributed by atoms with Crippen molar-refractivity contribution in [3.05, 3.63) is 139 Å². The molecule has 5 rings (SSSR count). The highest BCUT2D eigenvalue weighted by Gasteiger charge is 2.22. The Morgan fingerprint density at radius 1 is 0.721 bits per heavy atom. The van der Waals surface area contributed by atoms with Gasteiger partial charge in [0.2, 0.25) is 0 Å². The van der Waals surface area contributed by atoms with E-state index in [1.807, 2.05) is 84.9 Å². The third-order valence-corrected chi connectivity index (χ3v) is 8.15. The number of hydrogen-bond donors (Lipinski definition) is 3. The second kappa shape index (κ2) is 13.8. The minimum absolute atomic E-state index is 0.0176. The van der Waals surface area contributed by atoms with Crippen LogP contribution < -0.4 is 20.1 Å². The molecule has 0 bridgehead atoms. The van der Waals surface area contributed by atoms with E-state index in [-0.39, 0.29) is 35.2 Å². The molecule has 0 spiro atoms. The summed E-state index contributed by atoms with van der Waals surface area (Å²) in [5, 5.41) is 7.54. The fourth-order valence-corrected chi connectivity index (χ4v) is 5.64. The highest BCUT2D eigenvalue weighted by atomic mass is 32.2. The lowest BCUT2D eigenvalue weighted by atomic mass is 10.0. The largest absolute Gasteiger partial charge is 0.478 e. The first kappa shape index (κ1) is 29.5. The van der Waals surface area contributed by atoms with Gasteiger partial charge < -0.3 is 10.1 Å². The molecule has 3 N–H and O–H groups in total. The Kier molecular flexibility index (Phi) is 9.46. The maximum absolute atomic E-state index is 13.3. The summed E-state index contributed by atoms with van der Waals surface area (Å²) in [7, 11) is -3.91. The van der Waals surface area contributed by atoms with E-state index in [0.717, 1.165) is 16.3 Å². The highest BCUT2D eigenvalue weighted by molar-refractivity contribution is 7.92. The minimum Gasteiger partial charge on any atom is -0.478 e. The van der Waals surface area contributed by atoms with E-state index in [1.165, 1.54) is 6.07 Å². The average Bonchev–Trinajstić information content (AvgIpc) is 3.03. The number of amides is 1. The molecule has 0 saturated heterocycles. The van der Waals surface area contributed by atoms with Gasteiger partial charge in [-0.3, -0.25) is 19.6 Å².